The minimum Gasteiger partial charge on any atom is -0.493 e. The van der Waals surface area contributed by atoms with Gasteiger partial charge in [-0.2, -0.15) is 0 Å². The summed E-state index contributed by atoms with van der Waals surface area (Å²) in [4.78, 5) is 11.7. The predicted octanol–water partition coefficient (Wildman–Crippen LogP) is 3.41. The highest BCUT2D eigenvalue weighted by molar-refractivity contribution is 6.33. The van der Waals surface area contributed by atoms with Crippen LogP contribution >= 0.6 is 11.6 Å². The number of benzene rings is 1. The van der Waals surface area contributed by atoms with Crippen molar-refractivity contribution in [1.82, 2.24) is 0 Å². The van der Waals surface area contributed by atoms with Crippen molar-refractivity contribution in [3.05, 3.63) is 22.7 Å². The van der Waals surface area contributed by atoms with Crippen molar-refractivity contribution in [2.75, 3.05) is 20.8 Å². The van der Waals surface area contributed by atoms with Crippen molar-refractivity contribution < 1.29 is 19.0 Å². The second-order valence-corrected chi connectivity index (χ2v) is 4.44. The summed E-state index contributed by atoms with van der Waals surface area (Å²) < 4.78 is 15.9. The molecule has 0 amide bonds. The average Bonchev–Trinajstić information content (AvgIpc) is 2.39. The van der Waals surface area contributed by atoms with E-state index in [0.29, 0.717) is 28.7 Å². The van der Waals surface area contributed by atoms with E-state index in [1.807, 2.05) is 6.92 Å². The summed E-state index contributed by atoms with van der Waals surface area (Å²) in [6.07, 6.45) is 0.154. The van der Waals surface area contributed by atoms with Crippen LogP contribution in [0.15, 0.2) is 12.1 Å². The van der Waals surface area contributed by atoms with Crippen LogP contribution in [0.1, 0.15) is 31.9 Å². The maximum absolute atomic E-state index is 11.7. The number of Topliss-reactive ketones (excluding diaryl/α,β-unsaturated/α-hetero) is 1. The Balaban J connectivity index is 3.20. The highest BCUT2D eigenvalue weighted by Gasteiger charge is 2.24. The summed E-state index contributed by atoms with van der Waals surface area (Å²) in [5.41, 5.74) is 0.597. The molecule has 0 aliphatic rings. The van der Waals surface area contributed by atoms with E-state index in [-0.39, 0.29) is 5.78 Å². The first kappa shape index (κ1) is 15.8. The number of ketones is 1. The molecule has 0 aromatic heterocycles. The van der Waals surface area contributed by atoms with Gasteiger partial charge in [0.05, 0.1) is 19.2 Å². The van der Waals surface area contributed by atoms with Crippen LogP contribution in [0.25, 0.3) is 0 Å². The number of halogens is 1. The fraction of sp³-hybridized carbons (Fsp3) is 0.500. The van der Waals surface area contributed by atoms with E-state index in [1.165, 1.54) is 21.1 Å². The number of carbonyl (C=O) groups excluding carboxylic acids is 1. The normalized spacial score (nSPS) is 12.1. The number of rotatable bonds is 7. The van der Waals surface area contributed by atoms with Crippen LogP contribution in [0.5, 0.6) is 11.5 Å². The first-order chi connectivity index (χ1) is 9.06. The Morgan fingerprint density at radius 3 is 2.47 bits per heavy atom. The first-order valence-corrected chi connectivity index (χ1v) is 6.47. The molecule has 0 aliphatic carbocycles. The van der Waals surface area contributed by atoms with Gasteiger partial charge in [0.1, 0.15) is 6.10 Å². The molecule has 0 spiro atoms. The molecular weight excluding hydrogens is 268 g/mol. The number of hydrogen-bond donors (Lipinski definition) is 0. The van der Waals surface area contributed by atoms with Gasteiger partial charge in [-0.15, -0.1) is 0 Å². The molecule has 0 radical (unpaired) electrons. The van der Waals surface area contributed by atoms with Gasteiger partial charge >= 0.3 is 0 Å². The Morgan fingerprint density at radius 2 is 2.00 bits per heavy atom. The smallest absolute Gasteiger partial charge is 0.179 e. The summed E-state index contributed by atoms with van der Waals surface area (Å²) in [7, 11) is 3.03. The van der Waals surface area contributed by atoms with Crippen molar-refractivity contribution in [3.63, 3.8) is 0 Å². The molecule has 0 saturated carbocycles. The molecule has 0 N–H and O–H groups in total. The van der Waals surface area contributed by atoms with E-state index in [2.05, 4.69) is 0 Å². The average molecular weight is 287 g/mol. The Bertz CT molecular complexity index is 445. The number of ether oxygens (including phenoxy) is 3. The summed E-state index contributed by atoms with van der Waals surface area (Å²) in [5, 5.41) is 0.346. The fourth-order valence-corrected chi connectivity index (χ4v) is 2.10. The third-order valence-electron chi connectivity index (χ3n) is 2.66. The van der Waals surface area contributed by atoms with Crippen molar-refractivity contribution in [1.29, 1.82) is 0 Å². The van der Waals surface area contributed by atoms with Crippen LogP contribution in [-0.2, 0) is 9.53 Å². The van der Waals surface area contributed by atoms with Crippen LogP contribution < -0.4 is 9.47 Å². The SMILES string of the molecule is CCCOC(C(C)=O)c1ccc(OC)c(OC)c1Cl. The molecule has 4 nitrogen and oxygen atoms in total. The van der Waals surface area contributed by atoms with Crippen molar-refractivity contribution in [2.24, 2.45) is 0 Å². The molecular formula is C14H19ClO4. The van der Waals surface area contributed by atoms with Gasteiger partial charge in [0.15, 0.2) is 17.3 Å². The van der Waals surface area contributed by atoms with Gasteiger partial charge in [-0.05, 0) is 19.4 Å². The lowest BCUT2D eigenvalue weighted by Gasteiger charge is -2.19. The van der Waals surface area contributed by atoms with E-state index in [4.69, 9.17) is 25.8 Å². The van der Waals surface area contributed by atoms with E-state index in [9.17, 15) is 4.79 Å². The van der Waals surface area contributed by atoms with Gasteiger partial charge < -0.3 is 14.2 Å². The third-order valence-corrected chi connectivity index (χ3v) is 3.05. The first-order valence-electron chi connectivity index (χ1n) is 6.09. The molecule has 0 bridgehead atoms. The van der Waals surface area contributed by atoms with Gasteiger partial charge in [-0.3, -0.25) is 4.79 Å². The van der Waals surface area contributed by atoms with Crippen LogP contribution in [0.3, 0.4) is 0 Å². The van der Waals surface area contributed by atoms with Gasteiger partial charge in [0.25, 0.3) is 0 Å². The molecule has 1 atom stereocenters. The Morgan fingerprint density at radius 1 is 1.32 bits per heavy atom. The van der Waals surface area contributed by atoms with Crippen molar-refractivity contribution >= 4 is 17.4 Å². The molecule has 0 heterocycles. The molecule has 1 rings (SSSR count). The van der Waals surface area contributed by atoms with Gasteiger partial charge in [-0.25, -0.2) is 0 Å². The zero-order valence-corrected chi connectivity index (χ0v) is 12.4. The topological polar surface area (TPSA) is 44.8 Å². The van der Waals surface area contributed by atoms with E-state index in [0.717, 1.165) is 6.42 Å². The van der Waals surface area contributed by atoms with E-state index in [1.54, 1.807) is 12.1 Å². The maximum Gasteiger partial charge on any atom is 0.179 e. The molecule has 1 unspecified atom stereocenters. The van der Waals surface area contributed by atoms with Crippen LogP contribution in [0, 0.1) is 0 Å². The fourth-order valence-electron chi connectivity index (χ4n) is 1.77. The highest BCUT2D eigenvalue weighted by Crippen LogP contribution is 2.40. The summed E-state index contributed by atoms with van der Waals surface area (Å²) in [6.45, 7) is 3.95. The summed E-state index contributed by atoms with van der Waals surface area (Å²) in [6, 6.07) is 3.44. The summed E-state index contributed by atoms with van der Waals surface area (Å²) in [5.74, 6) is 0.838. The van der Waals surface area contributed by atoms with E-state index >= 15 is 0 Å². The minimum absolute atomic E-state index is 0.0948. The molecule has 19 heavy (non-hydrogen) atoms. The lowest BCUT2D eigenvalue weighted by Crippen LogP contribution is -2.14. The minimum atomic E-state index is -0.674. The lowest BCUT2D eigenvalue weighted by molar-refractivity contribution is -0.128. The molecule has 1 aromatic rings. The zero-order chi connectivity index (χ0) is 14.4. The molecule has 5 heteroatoms. The Hall–Kier alpha value is -1.26. The van der Waals surface area contributed by atoms with Gasteiger partial charge in [-0.1, -0.05) is 24.6 Å². The zero-order valence-electron chi connectivity index (χ0n) is 11.7. The monoisotopic (exact) mass is 286 g/mol. The summed E-state index contributed by atoms with van der Waals surface area (Å²) >= 11 is 6.27. The second-order valence-electron chi connectivity index (χ2n) is 4.07. The second kappa shape index (κ2) is 7.36. The largest absolute Gasteiger partial charge is 0.493 e. The molecule has 106 valence electrons. The highest BCUT2D eigenvalue weighted by atomic mass is 35.5. The molecule has 0 fully saturated rings. The Kier molecular flexibility index (Phi) is 6.12. The predicted molar refractivity (Wildman–Crippen MR) is 74.2 cm³/mol. The number of carbonyl (C=O) groups is 1. The van der Waals surface area contributed by atoms with Gasteiger partial charge in [0.2, 0.25) is 0 Å². The lowest BCUT2D eigenvalue weighted by atomic mass is 10.1. The molecule has 0 aliphatic heterocycles. The third kappa shape index (κ3) is 3.61. The van der Waals surface area contributed by atoms with E-state index < -0.39 is 6.10 Å². The maximum atomic E-state index is 11.7. The van der Waals surface area contributed by atoms with Crippen LogP contribution in [-0.4, -0.2) is 26.6 Å². The number of hydrogen-bond acceptors (Lipinski definition) is 4. The van der Waals surface area contributed by atoms with Crippen LogP contribution in [0.2, 0.25) is 5.02 Å². The van der Waals surface area contributed by atoms with Crippen molar-refractivity contribution in [2.45, 2.75) is 26.4 Å². The number of methoxy groups -OCH3 is 2. The van der Waals surface area contributed by atoms with Crippen LogP contribution in [0.4, 0.5) is 0 Å². The molecule has 0 saturated heterocycles. The van der Waals surface area contributed by atoms with Crippen molar-refractivity contribution in [3.8, 4) is 11.5 Å². The molecule has 1 aromatic carbocycles. The Labute approximate surface area is 118 Å². The quantitative estimate of drug-likeness (QED) is 0.770. The standard InChI is InChI=1S/C14H19ClO4/c1-5-8-19-13(9(2)16)10-6-7-11(17-3)14(18-4)12(10)15/h6-7,13H,5,8H2,1-4H3. The van der Waals surface area contributed by atoms with Gasteiger partial charge in [0, 0.05) is 12.2 Å².